The Bertz CT molecular complexity index is 1500. The standard InChI is InChI=1S/C31H37N7O4/c1-21-6-3-7-22-8-4-10-26(27(21)22)36-16-17-41-28-25(19-36)33-30(42-20-24-9-5-13-35(24)2)34-29(28)37-14-15-38(31(39)40)23(18-37)11-12-32/h3-4,6-8,10,23-24H,5,9,11,13-20H2,1-2H3,(H,39,40)/t23-,24-/m0/s1. The highest BCUT2D eigenvalue weighted by Crippen LogP contribution is 2.38. The number of carboxylic acid groups (broad SMARTS) is 1. The normalized spacial score (nSPS) is 21.0. The predicted octanol–water partition coefficient (Wildman–Crippen LogP) is 3.89. The van der Waals surface area contributed by atoms with Crippen molar-refractivity contribution in [3.05, 3.63) is 47.7 Å². The molecule has 2 atom stereocenters. The van der Waals surface area contributed by atoms with E-state index < -0.39 is 12.1 Å². The summed E-state index contributed by atoms with van der Waals surface area (Å²) in [5, 5.41) is 21.5. The lowest BCUT2D eigenvalue weighted by atomic mass is 10.0. The van der Waals surface area contributed by atoms with Crippen LogP contribution in [0.15, 0.2) is 36.4 Å². The number of aryl methyl sites for hydroxylation is 1. The number of piperazine rings is 1. The van der Waals surface area contributed by atoms with Crippen molar-refractivity contribution in [2.24, 2.45) is 0 Å². The highest BCUT2D eigenvalue weighted by Gasteiger charge is 2.34. The molecule has 3 aromatic rings. The molecule has 1 N–H and O–H groups in total. The monoisotopic (exact) mass is 571 g/mol. The molecule has 1 aromatic heterocycles. The number of benzene rings is 2. The zero-order chi connectivity index (χ0) is 29.2. The molecule has 2 aromatic carbocycles. The van der Waals surface area contributed by atoms with Crippen molar-refractivity contribution in [3.8, 4) is 17.8 Å². The molecule has 0 spiro atoms. The fourth-order valence-corrected chi connectivity index (χ4v) is 6.43. The van der Waals surface area contributed by atoms with Crippen LogP contribution >= 0.6 is 0 Å². The molecule has 0 bridgehead atoms. The van der Waals surface area contributed by atoms with Crippen molar-refractivity contribution in [1.29, 1.82) is 5.26 Å². The van der Waals surface area contributed by atoms with Crippen molar-refractivity contribution < 1.29 is 19.4 Å². The van der Waals surface area contributed by atoms with E-state index in [-0.39, 0.29) is 13.0 Å². The maximum Gasteiger partial charge on any atom is 0.407 e. The molecule has 3 aliphatic rings. The van der Waals surface area contributed by atoms with Crippen LogP contribution in [-0.2, 0) is 6.54 Å². The molecule has 4 heterocycles. The van der Waals surface area contributed by atoms with E-state index in [1.165, 1.54) is 21.2 Å². The molecular weight excluding hydrogens is 534 g/mol. The first-order chi connectivity index (χ1) is 20.4. The Morgan fingerprint density at radius 2 is 1.95 bits per heavy atom. The summed E-state index contributed by atoms with van der Waals surface area (Å²) < 4.78 is 12.6. The first-order valence-electron chi connectivity index (χ1n) is 14.6. The molecule has 42 heavy (non-hydrogen) atoms. The molecule has 1 amide bonds. The summed E-state index contributed by atoms with van der Waals surface area (Å²) in [6, 6.07) is 15.0. The molecule has 2 fully saturated rings. The number of hydrogen-bond acceptors (Lipinski definition) is 9. The summed E-state index contributed by atoms with van der Waals surface area (Å²) in [7, 11) is 2.11. The Kier molecular flexibility index (Phi) is 7.89. The van der Waals surface area contributed by atoms with Crippen molar-refractivity contribution in [1.82, 2.24) is 19.8 Å². The first-order valence-corrected chi connectivity index (χ1v) is 14.6. The third kappa shape index (κ3) is 5.46. The lowest BCUT2D eigenvalue weighted by Crippen LogP contribution is -2.55. The molecule has 0 saturated carbocycles. The van der Waals surface area contributed by atoms with Crippen molar-refractivity contribution in [3.63, 3.8) is 0 Å². The summed E-state index contributed by atoms with van der Waals surface area (Å²) in [4.78, 5) is 29.6. The van der Waals surface area contributed by atoms with Gasteiger partial charge in [0.15, 0.2) is 11.6 Å². The summed E-state index contributed by atoms with van der Waals surface area (Å²) in [5.41, 5.74) is 3.07. The van der Waals surface area contributed by atoms with Crippen molar-refractivity contribution in [2.45, 2.75) is 44.8 Å². The molecule has 6 rings (SSSR count). The summed E-state index contributed by atoms with van der Waals surface area (Å²) in [6.45, 7) is 6.32. The molecule has 0 radical (unpaired) electrons. The number of ether oxygens (including phenoxy) is 2. The number of aromatic nitrogens is 2. The Hall–Kier alpha value is -4.30. The number of nitrogens with zero attached hydrogens (tertiary/aromatic N) is 7. The third-order valence-corrected chi connectivity index (χ3v) is 8.71. The van der Waals surface area contributed by atoms with Crippen molar-refractivity contribution in [2.75, 3.05) is 62.8 Å². The van der Waals surface area contributed by atoms with Crippen molar-refractivity contribution >= 4 is 28.4 Å². The Morgan fingerprint density at radius 1 is 1.12 bits per heavy atom. The first kappa shape index (κ1) is 27.8. The van der Waals surface area contributed by atoms with Gasteiger partial charge in [0, 0.05) is 36.7 Å². The molecule has 220 valence electrons. The van der Waals surface area contributed by atoms with E-state index in [4.69, 9.17) is 19.4 Å². The lowest BCUT2D eigenvalue weighted by molar-refractivity contribution is 0.118. The fraction of sp³-hybridized carbons (Fsp3) is 0.484. The van der Waals surface area contributed by atoms with Gasteiger partial charge < -0.3 is 34.2 Å². The average molecular weight is 572 g/mol. The zero-order valence-corrected chi connectivity index (χ0v) is 24.2. The minimum atomic E-state index is -1.02. The number of nitriles is 1. The Morgan fingerprint density at radius 3 is 2.71 bits per heavy atom. The largest absolute Gasteiger partial charge is 0.486 e. The van der Waals surface area contributed by atoms with E-state index in [0.29, 0.717) is 63.0 Å². The van der Waals surface area contributed by atoms with Gasteiger partial charge in [-0.1, -0.05) is 30.3 Å². The van der Waals surface area contributed by atoms with Gasteiger partial charge in [-0.15, -0.1) is 0 Å². The molecule has 0 unspecified atom stereocenters. The molecular formula is C31H37N7O4. The molecule has 2 saturated heterocycles. The highest BCUT2D eigenvalue weighted by atomic mass is 16.5. The summed E-state index contributed by atoms with van der Waals surface area (Å²) >= 11 is 0. The second kappa shape index (κ2) is 11.9. The molecule has 11 nitrogen and oxygen atoms in total. The van der Waals surface area contributed by atoms with E-state index in [0.717, 1.165) is 30.8 Å². The van der Waals surface area contributed by atoms with Crippen LogP contribution in [-0.4, -0.2) is 96.0 Å². The predicted molar refractivity (Wildman–Crippen MR) is 159 cm³/mol. The average Bonchev–Trinajstić information content (AvgIpc) is 3.27. The second-order valence-corrected chi connectivity index (χ2v) is 11.4. The third-order valence-electron chi connectivity index (χ3n) is 8.71. The lowest BCUT2D eigenvalue weighted by Gasteiger charge is -2.40. The highest BCUT2D eigenvalue weighted by molar-refractivity contribution is 5.97. The van der Waals surface area contributed by atoms with Crippen LogP contribution in [0, 0.1) is 18.3 Å². The molecule has 11 heteroatoms. The smallest absolute Gasteiger partial charge is 0.407 e. The van der Waals surface area contributed by atoms with E-state index in [1.54, 1.807) is 0 Å². The van der Waals surface area contributed by atoms with E-state index in [2.05, 4.69) is 66.2 Å². The van der Waals surface area contributed by atoms with Gasteiger partial charge in [-0.2, -0.15) is 15.2 Å². The summed E-state index contributed by atoms with van der Waals surface area (Å²) in [5.74, 6) is 1.19. The molecule has 0 aliphatic carbocycles. The zero-order valence-electron chi connectivity index (χ0n) is 24.2. The number of fused-ring (bicyclic) bond motifs is 2. The maximum absolute atomic E-state index is 11.9. The number of anilines is 2. The Labute approximate surface area is 245 Å². The topological polar surface area (TPSA) is 118 Å². The second-order valence-electron chi connectivity index (χ2n) is 11.4. The minimum Gasteiger partial charge on any atom is -0.486 e. The van der Waals surface area contributed by atoms with Crippen LogP contribution in [0.1, 0.15) is 30.5 Å². The minimum absolute atomic E-state index is 0.0997. The van der Waals surface area contributed by atoms with Crippen LogP contribution in [0.25, 0.3) is 10.8 Å². The van der Waals surface area contributed by atoms with Gasteiger partial charge in [-0.25, -0.2) is 4.79 Å². The SMILES string of the molecule is Cc1cccc2cccc(N3CCOc4c(nc(OC[C@@H]5CCCN5C)nc4N4CCN(C(=O)O)[C@@H](CC#N)C4)C3)c12. The number of hydrogen-bond donors (Lipinski definition) is 1. The van der Waals surface area contributed by atoms with Gasteiger partial charge >= 0.3 is 12.1 Å². The van der Waals surface area contributed by atoms with Gasteiger partial charge in [-0.05, 0) is 50.4 Å². The maximum atomic E-state index is 11.9. The molecule has 3 aliphatic heterocycles. The number of likely N-dealkylation sites (tertiary alicyclic amines) is 1. The van der Waals surface area contributed by atoms with E-state index in [1.807, 2.05) is 4.90 Å². The summed E-state index contributed by atoms with van der Waals surface area (Å²) in [6.07, 6.45) is 1.29. The number of carbonyl (C=O) groups is 1. The van der Waals surface area contributed by atoms with Gasteiger partial charge in [0.05, 0.1) is 31.6 Å². The van der Waals surface area contributed by atoms with Gasteiger partial charge in [0.25, 0.3) is 0 Å². The fourth-order valence-electron chi connectivity index (χ4n) is 6.43. The van der Waals surface area contributed by atoms with Crippen LogP contribution < -0.4 is 19.3 Å². The number of amides is 1. The quantitative estimate of drug-likeness (QED) is 0.467. The van der Waals surface area contributed by atoms with Crippen LogP contribution in [0.3, 0.4) is 0 Å². The number of rotatable bonds is 6. The van der Waals surface area contributed by atoms with Crippen LogP contribution in [0.4, 0.5) is 16.3 Å². The van der Waals surface area contributed by atoms with Crippen LogP contribution in [0.5, 0.6) is 11.8 Å². The Balaban J connectivity index is 1.37. The van der Waals surface area contributed by atoms with Gasteiger partial charge in [0.1, 0.15) is 18.9 Å². The van der Waals surface area contributed by atoms with Gasteiger partial charge in [-0.3, -0.25) is 0 Å². The van der Waals surface area contributed by atoms with Crippen LogP contribution in [0.2, 0.25) is 0 Å². The van der Waals surface area contributed by atoms with E-state index >= 15 is 0 Å². The number of likely N-dealkylation sites (N-methyl/N-ethyl adjacent to an activating group) is 1. The van der Waals surface area contributed by atoms with Gasteiger partial charge in [0.2, 0.25) is 0 Å². The van der Waals surface area contributed by atoms with E-state index in [9.17, 15) is 15.2 Å².